The van der Waals surface area contributed by atoms with Crippen LogP contribution >= 0.6 is 11.6 Å². The molecule has 2 aliphatic rings. The highest BCUT2D eigenvalue weighted by atomic mass is 35.5. The highest BCUT2D eigenvalue weighted by Gasteiger charge is 2.40. The van der Waals surface area contributed by atoms with E-state index in [2.05, 4.69) is 30.0 Å². The average Bonchev–Trinajstić information content (AvgIpc) is 3.07. The van der Waals surface area contributed by atoms with Crippen molar-refractivity contribution in [3.63, 3.8) is 0 Å². The van der Waals surface area contributed by atoms with Crippen LogP contribution in [-0.4, -0.2) is 24.4 Å². The summed E-state index contributed by atoms with van der Waals surface area (Å²) in [6.45, 7) is 3.64. The molecule has 0 saturated heterocycles. The van der Waals surface area contributed by atoms with Crippen molar-refractivity contribution in [2.24, 2.45) is 0 Å². The molecule has 0 spiro atoms. The molecule has 136 valence electrons. The highest BCUT2D eigenvalue weighted by molar-refractivity contribution is 6.30. The third-order valence-corrected chi connectivity index (χ3v) is 5.82. The number of rotatable bonds is 5. The SMILES string of the molecule is CCCN(C=O)C1CC(c2ccc(Cl)cc2F)N2CCc3cccc1c32. The first-order chi connectivity index (χ1) is 12.6. The zero-order chi connectivity index (χ0) is 18.3. The number of carbonyl (C=O) groups is 1. The van der Waals surface area contributed by atoms with Crippen LogP contribution in [0, 0.1) is 5.82 Å². The Balaban J connectivity index is 1.82. The summed E-state index contributed by atoms with van der Waals surface area (Å²) in [4.78, 5) is 15.9. The molecule has 0 N–H and O–H groups in total. The Morgan fingerprint density at radius 2 is 2.15 bits per heavy atom. The maximum atomic E-state index is 14.7. The molecule has 3 nitrogen and oxygen atoms in total. The number of hydrogen-bond acceptors (Lipinski definition) is 2. The van der Waals surface area contributed by atoms with Gasteiger partial charge in [-0.25, -0.2) is 4.39 Å². The zero-order valence-electron chi connectivity index (χ0n) is 14.8. The van der Waals surface area contributed by atoms with E-state index < -0.39 is 0 Å². The molecule has 0 bridgehead atoms. The van der Waals surface area contributed by atoms with Crippen molar-refractivity contribution in [3.05, 3.63) is 63.9 Å². The van der Waals surface area contributed by atoms with Gasteiger partial charge in [-0.05, 0) is 42.5 Å². The summed E-state index contributed by atoms with van der Waals surface area (Å²) in [5.74, 6) is -0.276. The minimum absolute atomic E-state index is 0.0307. The van der Waals surface area contributed by atoms with Crippen molar-refractivity contribution in [2.75, 3.05) is 18.0 Å². The lowest BCUT2D eigenvalue weighted by Crippen LogP contribution is -2.39. The van der Waals surface area contributed by atoms with Gasteiger partial charge >= 0.3 is 0 Å². The third-order valence-electron chi connectivity index (χ3n) is 5.58. The highest BCUT2D eigenvalue weighted by Crippen LogP contribution is 2.50. The molecule has 26 heavy (non-hydrogen) atoms. The molecule has 2 heterocycles. The fourth-order valence-electron chi connectivity index (χ4n) is 4.48. The second-order valence-electron chi connectivity index (χ2n) is 7.07. The summed E-state index contributed by atoms with van der Waals surface area (Å²) in [7, 11) is 0. The lowest BCUT2D eigenvalue weighted by Gasteiger charge is -2.43. The molecule has 0 aromatic heterocycles. The Labute approximate surface area is 158 Å². The van der Waals surface area contributed by atoms with Crippen molar-refractivity contribution in [2.45, 2.75) is 38.3 Å². The summed E-state index contributed by atoms with van der Waals surface area (Å²) in [6, 6.07) is 11.1. The Morgan fingerprint density at radius 3 is 2.88 bits per heavy atom. The van der Waals surface area contributed by atoms with E-state index in [1.807, 2.05) is 4.90 Å². The van der Waals surface area contributed by atoms with Crippen molar-refractivity contribution >= 4 is 23.7 Å². The van der Waals surface area contributed by atoms with Gasteiger partial charge in [0.15, 0.2) is 0 Å². The number of hydrogen-bond donors (Lipinski definition) is 0. The first-order valence-electron chi connectivity index (χ1n) is 9.18. The zero-order valence-corrected chi connectivity index (χ0v) is 15.5. The van der Waals surface area contributed by atoms with Gasteiger partial charge in [-0.3, -0.25) is 4.79 Å². The van der Waals surface area contributed by atoms with Crippen LogP contribution in [0.15, 0.2) is 36.4 Å². The number of anilines is 1. The summed E-state index contributed by atoms with van der Waals surface area (Å²) < 4.78 is 14.7. The number of halogens is 2. The summed E-state index contributed by atoms with van der Waals surface area (Å²) >= 11 is 5.95. The predicted octanol–water partition coefficient (Wildman–Crippen LogP) is 4.90. The van der Waals surface area contributed by atoms with Crippen LogP contribution in [0.2, 0.25) is 5.02 Å². The Bertz CT molecular complexity index is 841. The van der Waals surface area contributed by atoms with E-state index in [-0.39, 0.29) is 17.9 Å². The second kappa shape index (κ2) is 6.92. The molecule has 4 rings (SSSR count). The standard InChI is InChI=1S/C21H22ClFN2O/c1-2-9-24(13-26)19-12-20(16-7-6-15(22)11-18(16)23)25-10-8-14-4-3-5-17(19)21(14)25/h3-7,11,13,19-20H,2,8-10,12H2,1H3. The molecule has 1 amide bonds. The number of para-hydroxylation sites is 1. The van der Waals surface area contributed by atoms with E-state index >= 15 is 0 Å². The molecule has 2 aromatic rings. The Kier molecular flexibility index (Phi) is 4.62. The van der Waals surface area contributed by atoms with Gasteiger partial charge in [-0.15, -0.1) is 0 Å². The van der Waals surface area contributed by atoms with Crippen LogP contribution in [0.3, 0.4) is 0 Å². The Hall–Kier alpha value is -2.07. The number of amides is 1. The molecule has 0 fully saturated rings. The van der Waals surface area contributed by atoms with Crippen LogP contribution < -0.4 is 4.90 Å². The van der Waals surface area contributed by atoms with Crippen LogP contribution in [0.5, 0.6) is 0 Å². The summed E-state index contributed by atoms with van der Waals surface area (Å²) in [5.41, 5.74) is 4.32. The second-order valence-corrected chi connectivity index (χ2v) is 7.51. The smallest absolute Gasteiger partial charge is 0.210 e. The first-order valence-corrected chi connectivity index (χ1v) is 9.56. The van der Waals surface area contributed by atoms with Gasteiger partial charge in [-0.2, -0.15) is 0 Å². The predicted molar refractivity (Wildman–Crippen MR) is 102 cm³/mol. The van der Waals surface area contributed by atoms with E-state index in [0.29, 0.717) is 23.6 Å². The van der Waals surface area contributed by atoms with E-state index in [0.717, 1.165) is 25.8 Å². The molecule has 5 heteroatoms. The summed E-state index contributed by atoms with van der Waals surface area (Å²) in [5, 5.41) is 0.404. The van der Waals surface area contributed by atoms with Crippen molar-refractivity contribution in [1.82, 2.24) is 4.90 Å². The maximum Gasteiger partial charge on any atom is 0.210 e. The fraction of sp³-hybridized carbons (Fsp3) is 0.381. The molecular weight excluding hydrogens is 351 g/mol. The Morgan fingerprint density at radius 1 is 1.31 bits per heavy atom. The molecule has 2 atom stereocenters. The lowest BCUT2D eigenvalue weighted by atomic mass is 9.86. The topological polar surface area (TPSA) is 23.6 Å². The van der Waals surface area contributed by atoms with E-state index in [1.165, 1.54) is 22.9 Å². The number of carbonyl (C=O) groups excluding carboxylic acids is 1. The molecule has 0 saturated carbocycles. The van der Waals surface area contributed by atoms with Gasteiger partial charge in [-0.1, -0.05) is 42.8 Å². The van der Waals surface area contributed by atoms with E-state index in [1.54, 1.807) is 12.1 Å². The lowest BCUT2D eigenvalue weighted by molar-refractivity contribution is -0.120. The first kappa shape index (κ1) is 17.3. The third kappa shape index (κ3) is 2.77. The van der Waals surface area contributed by atoms with Crippen LogP contribution in [0.25, 0.3) is 0 Å². The number of nitrogens with zero attached hydrogens (tertiary/aromatic N) is 2. The van der Waals surface area contributed by atoms with Gasteiger partial charge in [0.2, 0.25) is 6.41 Å². The van der Waals surface area contributed by atoms with Gasteiger partial charge in [0.05, 0.1) is 12.1 Å². The van der Waals surface area contributed by atoms with E-state index in [4.69, 9.17) is 11.6 Å². The quantitative estimate of drug-likeness (QED) is 0.697. The fourth-order valence-corrected chi connectivity index (χ4v) is 4.64. The normalized spacial score (nSPS) is 20.8. The minimum atomic E-state index is -0.276. The van der Waals surface area contributed by atoms with Gasteiger partial charge in [0.1, 0.15) is 5.82 Å². The van der Waals surface area contributed by atoms with Gasteiger partial charge < -0.3 is 9.80 Å². The van der Waals surface area contributed by atoms with E-state index in [9.17, 15) is 9.18 Å². The average molecular weight is 373 g/mol. The van der Waals surface area contributed by atoms with Gasteiger partial charge in [0.25, 0.3) is 0 Å². The van der Waals surface area contributed by atoms with Crippen LogP contribution in [0.1, 0.15) is 48.5 Å². The molecular formula is C21H22ClFN2O. The number of benzene rings is 2. The largest absolute Gasteiger partial charge is 0.363 e. The van der Waals surface area contributed by atoms with Gasteiger partial charge in [0, 0.05) is 29.4 Å². The molecule has 2 aliphatic heterocycles. The van der Waals surface area contributed by atoms with Crippen LogP contribution in [0.4, 0.5) is 10.1 Å². The minimum Gasteiger partial charge on any atom is -0.363 e. The molecule has 2 aromatic carbocycles. The van der Waals surface area contributed by atoms with Crippen molar-refractivity contribution < 1.29 is 9.18 Å². The molecule has 2 unspecified atom stereocenters. The maximum absolute atomic E-state index is 14.7. The monoisotopic (exact) mass is 372 g/mol. The molecule has 0 aliphatic carbocycles. The van der Waals surface area contributed by atoms with Crippen molar-refractivity contribution in [3.8, 4) is 0 Å². The molecule has 0 radical (unpaired) electrons. The summed E-state index contributed by atoms with van der Waals surface area (Å²) in [6.07, 6.45) is 3.48. The van der Waals surface area contributed by atoms with Crippen molar-refractivity contribution in [1.29, 1.82) is 0 Å². The van der Waals surface area contributed by atoms with Crippen LogP contribution in [-0.2, 0) is 11.2 Å².